The molecule has 0 fully saturated rings. The van der Waals surface area contributed by atoms with Crippen LogP contribution in [0.4, 0.5) is 11.4 Å². The van der Waals surface area contributed by atoms with E-state index in [2.05, 4.69) is 10.6 Å². The van der Waals surface area contributed by atoms with E-state index >= 15 is 0 Å². The van der Waals surface area contributed by atoms with Crippen LogP contribution in [0.2, 0.25) is 0 Å². The van der Waals surface area contributed by atoms with Crippen molar-refractivity contribution in [2.24, 2.45) is 0 Å². The normalized spacial score (nSPS) is 10.9. The zero-order chi connectivity index (χ0) is 24.3. The van der Waals surface area contributed by atoms with Gasteiger partial charge in [-0.3, -0.25) is 9.59 Å². The van der Waals surface area contributed by atoms with E-state index in [1.807, 2.05) is 6.92 Å². The van der Waals surface area contributed by atoms with Crippen LogP contribution in [0, 0.1) is 11.3 Å². The molecule has 0 aliphatic carbocycles. The monoisotopic (exact) mass is 457 g/mol. The molecule has 0 aromatic heterocycles. The van der Waals surface area contributed by atoms with Gasteiger partial charge in [-0.2, -0.15) is 5.26 Å². The Morgan fingerprint density at radius 2 is 1.59 bits per heavy atom. The second-order valence-corrected chi connectivity index (χ2v) is 7.07. The molecule has 172 valence electrons. The van der Waals surface area contributed by atoms with Crippen molar-refractivity contribution in [2.45, 2.75) is 19.4 Å². The maximum atomic E-state index is 13.2. The molecule has 0 aliphatic heterocycles. The number of rotatable bonds is 9. The van der Waals surface area contributed by atoms with Crippen LogP contribution < -0.4 is 15.4 Å². The summed E-state index contributed by atoms with van der Waals surface area (Å²) < 4.78 is 11.2. The first kappa shape index (κ1) is 24.0. The third-order valence-electron chi connectivity index (χ3n) is 4.65. The number of ether oxygens (including phenoxy) is 2. The number of esters is 1. The number of nitrogens with zero attached hydrogens (tertiary/aromatic N) is 1. The van der Waals surface area contributed by atoms with E-state index < -0.39 is 23.9 Å². The first-order valence-corrected chi connectivity index (χ1v) is 10.6. The number of nitriles is 1. The van der Waals surface area contributed by atoms with Gasteiger partial charge in [0.05, 0.1) is 23.9 Å². The molecule has 0 heterocycles. The van der Waals surface area contributed by atoms with Crippen LogP contribution in [-0.2, 0) is 14.3 Å². The molecule has 0 unspecified atom stereocenters. The van der Waals surface area contributed by atoms with Gasteiger partial charge in [0, 0.05) is 11.3 Å². The third-order valence-corrected chi connectivity index (χ3v) is 4.65. The van der Waals surface area contributed by atoms with E-state index in [0.29, 0.717) is 29.3 Å². The lowest BCUT2D eigenvalue weighted by molar-refractivity contribution is -0.125. The molecule has 1 atom stereocenters. The van der Waals surface area contributed by atoms with E-state index in [-0.39, 0.29) is 12.0 Å². The summed E-state index contributed by atoms with van der Waals surface area (Å²) in [5.74, 6) is -1.19. The molecule has 8 nitrogen and oxygen atoms in total. The summed E-state index contributed by atoms with van der Waals surface area (Å²) in [4.78, 5) is 37.5. The molecular weight excluding hydrogens is 434 g/mol. The van der Waals surface area contributed by atoms with E-state index in [9.17, 15) is 14.4 Å². The van der Waals surface area contributed by atoms with Gasteiger partial charge in [0.2, 0.25) is 12.0 Å². The number of anilines is 2. The number of hydrogen-bond donors (Lipinski definition) is 2. The number of hydrogen-bond acceptors (Lipinski definition) is 6. The molecule has 3 aromatic rings. The lowest BCUT2D eigenvalue weighted by Gasteiger charge is -2.19. The van der Waals surface area contributed by atoms with Crippen LogP contribution in [0.3, 0.4) is 0 Å². The maximum Gasteiger partial charge on any atom is 0.339 e. The Labute approximate surface area is 197 Å². The minimum absolute atomic E-state index is 0.196. The maximum absolute atomic E-state index is 13.2. The number of carbonyl (C=O) groups excluding carboxylic acids is 3. The highest BCUT2D eigenvalue weighted by Gasteiger charge is 2.26. The lowest BCUT2D eigenvalue weighted by atomic mass is 10.1. The number of benzene rings is 3. The lowest BCUT2D eigenvalue weighted by Crippen LogP contribution is -2.26. The molecule has 34 heavy (non-hydrogen) atoms. The van der Waals surface area contributed by atoms with Crippen molar-refractivity contribution in [3.05, 3.63) is 90.0 Å². The molecule has 0 spiro atoms. The van der Waals surface area contributed by atoms with Crippen molar-refractivity contribution < 1.29 is 23.9 Å². The molecular formula is C26H23N3O5. The molecule has 0 saturated heterocycles. The summed E-state index contributed by atoms with van der Waals surface area (Å²) >= 11 is 0. The van der Waals surface area contributed by atoms with Gasteiger partial charge in [-0.1, -0.05) is 42.5 Å². The summed E-state index contributed by atoms with van der Waals surface area (Å²) in [6, 6.07) is 23.4. The van der Waals surface area contributed by atoms with Crippen molar-refractivity contribution in [2.75, 3.05) is 17.2 Å². The fraction of sp³-hybridized carbons (Fsp3) is 0.154. The smallest absolute Gasteiger partial charge is 0.339 e. The largest absolute Gasteiger partial charge is 0.492 e. The molecule has 0 aliphatic rings. The van der Waals surface area contributed by atoms with Gasteiger partial charge in [-0.25, -0.2) is 4.79 Å². The van der Waals surface area contributed by atoms with Crippen LogP contribution >= 0.6 is 0 Å². The molecule has 0 bridgehead atoms. The van der Waals surface area contributed by atoms with Crippen LogP contribution in [0.5, 0.6) is 5.75 Å². The quantitative estimate of drug-likeness (QED) is 0.458. The number of para-hydroxylation sites is 2. The summed E-state index contributed by atoms with van der Waals surface area (Å²) in [5.41, 5.74) is 1.59. The molecule has 3 rings (SSSR count). The summed E-state index contributed by atoms with van der Waals surface area (Å²) in [6.45, 7) is 2.27. The average Bonchev–Trinajstić information content (AvgIpc) is 2.85. The second-order valence-electron chi connectivity index (χ2n) is 7.07. The summed E-state index contributed by atoms with van der Waals surface area (Å²) in [7, 11) is 0. The predicted molar refractivity (Wildman–Crippen MR) is 126 cm³/mol. The molecule has 2 amide bonds. The Balaban J connectivity index is 1.78. The number of nitrogens with one attached hydrogen (secondary N) is 2. The van der Waals surface area contributed by atoms with E-state index in [0.717, 1.165) is 0 Å². The first-order valence-electron chi connectivity index (χ1n) is 10.6. The Hall–Kier alpha value is -4.64. The van der Waals surface area contributed by atoms with Crippen molar-refractivity contribution in [1.29, 1.82) is 5.26 Å². The summed E-state index contributed by atoms with van der Waals surface area (Å²) in [5, 5.41) is 13.9. The van der Waals surface area contributed by atoms with Gasteiger partial charge in [-0.15, -0.1) is 0 Å². The highest BCUT2D eigenvalue weighted by atomic mass is 16.5. The van der Waals surface area contributed by atoms with Crippen molar-refractivity contribution >= 4 is 29.2 Å². The minimum atomic E-state index is -1.21. The SMILES string of the molecule is CCOc1ccccc1NC(=O)[C@@H](OC(=O)c1ccc(NC(=O)CC#N)cc1)c1ccccc1. The van der Waals surface area contributed by atoms with Crippen LogP contribution in [0.15, 0.2) is 78.9 Å². The molecule has 3 aromatic carbocycles. The molecule has 8 heteroatoms. The average molecular weight is 457 g/mol. The fourth-order valence-electron chi connectivity index (χ4n) is 3.09. The van der Waals surface area contributed by atoms with Gasteiger partial charge >= 0.3 is 5.97 Å². The molecule has 0 radical (unpaired) electrons. The predicted octanol–water partition coefficient (Wildman–Crippen LogP) is 4.47. The van der Waals surface area contributed by atoms with Crippen molar-refractivity contribution in [3.63, 3.8) is 0 Å². The van der Waals surface area contributed by atoms with Crippen LogP contribution in [-0.4, -0.2) is 24.4 Å². The van der Waals surface area contributed by atoms with Gasteiger partial charge in [0.25, 0.3) is 5.91 Å². The van der Waals surface area contributed by atoms with E-state index in [4.69, 9.17) is 14.7 Å². The van der Waals surface area contributed by atoms with Crippen LogP contribution in [0.1, 0.15) is 35.4 Å². The van der Waals surface area contributed by atoms with Gasteiger partial charge < -0.3 is 20.1 Å². The second kappa shape index (κ2) is 11.8. The fourth-order valence-corrected chi connectivity index (χ4v) is 3.09. The Bertz CT molecular complexity index is 1190. The molecule has 2 N–H and O–H groups in total. The highest BCUT2D eigenvalue weighted by molar-refractivity contribution is 5.99. The van der Waals surface area contributed by atoms with Crippen molar-refractivity contribution in [1.82, 2.24) is 0 Å². The highest BCUT2D eigenvalue weighted by Crippen LogP contribution is 2.27. The molecule has 0 saturated carbocycles. The zero-order valence-corrected chi connectivity index (χ0v) is 18.5. The topological polar surface area (TPSA) is 118 Å². The number of carbonyl (C=O) groups is 3. The Morgan fingerprint density at radius 1 is 0.912 bits per heavy atom. The van der Waals surface area contributed by atoms with Gasteiger partial charge in [0.1, 0.15) is 12.2 Å². The van der Waals surface area contributed by atoms with E-state index in [1.165, 1.54) is 24.3 Å². The Morgan fingerprint density at radius 3 is 2.26 bits per heavy atom. The van der Waals surface area contributed by atoms with Gasteiger partial charge in [0.15, 0.2) is 0 Å². The standard InChI is InChI=1S/C26H23N3O5/c1-2-33-22-11-7-6-10-21(22)29-25(31)24(18-8-4-3-5-9-18)34-26(32)19-12-14-20(15-13-19)28-23(30)16-17-27/h3-15,24H,2,16H2,1H3,(H,28,30)(H,29,31)/t24-/m0/s1. The van der Waals surface area contributed by atoms with E-state index in [1.54, 1.807) is 60.7 Å². The summed E-state index contributed by atoms with van der Waals surface area (Å²) in [6.07, 6.45) is -1.48. The first-order chi connectivity index (χ1) is 16.5. The Kier molecular flexibility index (Phi) is 8.36. The third kappa shape index (κ3) is 6.43. The van der Waals surface area contributed by atoms with Gasteiger partial charge in [-0.05, 0) is 43.3 Å². The van der Waals surface area contributed by atoms with Crippen LogP contribution in [0.25, 0.3) is 0 Å². The van der Waals surface area contributed by atoms with Crippen molar-refractivity contribution in [3.8, 4) is 11.8 Å². The minimum Gasteiger partial charge on any atom is -0.492 e. The number of amides is 2. The zero-order valence-electron chi connectivity index (χ0n) is 18.5.